The molecule has 66 valence electrons. The molecular formula is C10H11N3. The highest BCUT2D eigenvalue weighted by Crippen LogP contribution is 2.19. The fourth-order valence-corrected chi connectivity index (χ4v) is 1.36. The van der Waals surface area contributed by atoms with Gasteiger partial charge in [-0.3, -0.25) is 4.98 Å². The largest absolute Gasteiger partial charge is 0.398 e. The number of aromatic nitrogens is 1. The van der Waals surface area contributed by atoms with E-state index in [0.29, 0.717) is 6.54 Å². The molecule has 1 aromatic carbocycles. The van der Waals surface area contributed by atoms with Crippen molar-refractivity contribution in [2.24, 2.45) is 5.73 Å². The molecule has 2 rings (SSSR count). The van der Waals surface area contributed by atoms with E-state index in [9.17, 15) is 0 Å². The molecule has 0 spiro atoms. The van der Waals surface area contributed by atoms with Gasteiger partial charge in [0.05, 0.1) is 11.2 Å². The number of nitrogen functional groups attached to an aromatic ring is 1. The van der Waals surface area contributed by atoms with Gasteiger partial charge in [-0.25, -0.2) is 0 Å². The Morgan fingerprint density at radius 3 is 2.77 bits per heavy atom. The van der Waals surface area contributed by atoms with Crippen LogP contribution < -0.4 is 11.5 Å². The number of pyridine rings is 1. The van der Waals surface area contributed by atoms with Crippen molar-refractivity contribution in [3.63, 3.8) is 0 Å². The summed E-state index contributed by atoms with van der Waals surface area (Å²) in [5, 5.41) is 0.986. The second-order valence-corrected chi connectivity index (χ2v) is 2.92. The number of para-hydroxylation sites is 1. The molecule has 0 aliphatic carbocycles. The summed E-state index contributed by atoms with van der Waals surface area (Å²) in [4.78, 5) is 4.35. The molecule has 0 radical (unpaired) electrons. The van der Waals surface area contributed by atoms with E-state index in [-0.39, 0.29) is 0 Å². The third-order valence-corrected chi connectivity index (χ3v) is 2.01. The molecule has 13 heavy (non-hydrogen) atoms. The second-order valence-electron chi connectivity index (χ2n) is 2.92. The minimum absolute atomic E-state index is 0.426. The van der Waals surface area contributed by atoms with Crippen LogP contribution in [0.25, 0.3) is 10.9 Å². The normalized spacial score (nSPS) is 10.5. The SMILES string of the molecule is NCc1cc(N)c2ccccc2n1. The van der Waals surface area contributed by atoms with Gasteiger partial charge in [-0.05, 0) is 12.1 Å². The summed E-state index contributed by atoms with van der Waals surface area (Å²) in [5.74, 6) is 0. The minimum atomic E-state index is 0.426. The molecule has 4 N–H and O–H groups in total. The van der Waals surface area contributed by atoms with Crippen LogP contribution in [0.5, 0.6) is 0 Å². The smallest absolute Gasteiger partial charge is 0.0726 e. The van der Waals surface area contributed by atoms with Gasteiger partial charge >= 0.3 is 0 Å². The van der Waals surface area contributed by atoms with Gasteiger partial charge in [-0.2, -0.15) is 0 Å². The Labute approximate surface area is 76.4 Å². The van der Waals surface area contributed by atoms with E-state index < -0.39 is 0 Å². The summed E-state index contributed by atoms with van der Waals surface area (Å²) >= 11 is 0. The Bertz CT molecular complexity index is 437. The Morgan fingerprint density at radius 2 is 2.00 bits per heavy atom. The number of benzene rings is 1. The molecule has 0 aliphatic rings. The molecule has 0 unspecified atom stereocenters. The highest BCUT2D eigenvalue weighted by Gasteiger charge is 2.00. The van der Waals surface area contributed by atoms with Crippen molar-refractivity contribution in [2.45, 2.75) is 6.54 Å². The first kappa shape index (κ1) is 8.01. The van der Waals surface area contributed by atoms with Crippen molar-refractivity contribution >= 4 is 16.6 Å². The van der Waals surface area contributed by atoms with Crippen LogP contribution in [0.15, 0.2) is 30.3 Å². The maximum Gasteiger partial charge on any atom is 0.0726 e. The Morgan fingerprint density at radius 1 is 1.23 bits per heavy atom. The summed E-state index contributed by atoms with van der Waals surface area (Å²) in [6, 6.07) is 9.60. The average molecular weight is 173 g/mol. The highest BCUT2D eigenvalue weighted by molar-refractivity contribution is 5.90. The van der Waals surface area contributed by atoms with Gasteiger partial charge in [0, 0.05) is 17.6 Å². The lowest BCUT2D eigenvalue weighted by Crippen LogP contribution is -2.01. The molecule has 2 aromatic rings. The third kappa shape index (κ3) is 1.34. The number of hydrogen-bond donors (Lipinski definition) is 2. The number of nitrogens with zero attached hydrogens (tertiary/aromatic N) is 1. The van der Waals surface area contributed by atoms with E-state index in [0.717, 1.165) is 22.3 Å². The van der Waals surface area contributed by atoms with Gasteiger partial charge in [-0.1, -0.05) is 18.2 Å². The first-order chi connectivity index (χ1) is 6.31. The van der Waals surface area contributed by atoms with Gasteiger partial charge < -0.3 is 11.5 Å². The first-order valence-electron chi connectivity index (χ1n) is 4.15. The molecule has 0 fully saturated rings. The van der Waals surface area contributed by atoms with Crippen molar-refractivity contribution in [3.05, 3.63) is 36.0 Å². The van der Waals surface area contributed by atoms with E-state index in [4.69, 9.17) is 11.5 Å². The zero-order valence-corrected chi connectivity index (χ0v) is 7.20. The lowest BCUT2D eigenvalue weighted by molar-refractivity contribution is 1.01. The van der Waals surface area contributed by atoms with Crippen molar-refractivity contribution in [1.29, 1.82) is 0 Å². The second kappa shape index (κ2) is 3.03. The number of rotatable bonds is 1. The van der Waals surface area contributed by atoms with Crippen molar-refractivity contribution in [1.82, 2.24) is 4.98 Å². The standard InChI is InChI=1S/C10H11N3/c11-6-7-5-9(12)8-3-1-2-4-10(8)13-7/h1-5H,6,11H2,(H2,12,13). The van der Waals surface area contributed by atoms with Crippen LogP contribution in [0.1, 0.15) is 5.69 Å². The van der Waals surface area contributed by atoms with Gasteiger partial charge in [0.1, 0.15) is 0 Å². The Kier molecular flexibility index (Phi) is 1.87. The van der Waals surface area contributed by atoms with Crippen LogP contribution in [0.4, 0.5) is 5.69 Å². The maximum absolute atomic E-state index is 5.84. The number of anilines is 1. The quantitative estimate of drug-likeness (QED) is 0.682. The lowest BCUT2D eigenvalue weighted by atomic mass is 10.1. The molecule has 0 saturated carbocycles. The lowest BCUT2D eigenvalue weighted by Gasteiger charge is -2.03. The summed E-state index contributed by atoms with van der Waals surface area (Å²) in [7, 11) is 0. The monoisotopic (exact) mass is 173 g/mol. The van der Waals surface area contributed by atoms with Crippen LogP contribution in [0, 0.1) is 0 Å². The fourth-order valence-electron chi connectivity index (χ4n) is 1.36. The Hall–Kier alpha value is -1.61. The van der Waals surface area contributed by atoms with Gasteiger partial charge in [0.2, 0.25) is 0 Å². The van der Waals surface area contributed by atoms with Gasteiger partial charge in [0.25, 0.3) is 0 Å². The molecule has 0 bridgehead atoms. The van der Waals surface area contributed by atoms with Crippen molar-refractivity contribution in [3.8, 4) is 0 Å². The van der Waals surface area contributed by atoms with E-state index in [1.165, 1.54) is 0 Å². The van der Waals surface area contributed by atoms with Gasteiger partial charge in [-0.15, -0.1) is 0 Å². The minimum Gasteiger partial charge on any atom is -0.398 e. The van der Waals surface area contributed by atoms with Crippen LogP contribution in [-0.4, -0.2) is 4.98 Å². The number of fused-ring (bicyclic) bond motifs is 1. The van der Waals surface area contributed by atoms with Crippen molar-refractivity contribution in [2.75, 3.05) is 5.73 Å². The zero-order valence-electron chi connectivity index (χ0n) is 7.20. The van der Waals surface area contributed by atoms with E-state index >= 15 is 0 Å². The maximum atomic E-state index is 5.84. The molecular weight excluding hydrogens is 162 g/mol. The van der Waals surface area contributed by atoms with Crippen LogP contribution in [0.2, 0.25) is 0 Å². The molecule has 1 heterocycles. The van der Waals surface area contributed by atoms with E-state index in [2.05, 4.69) is 4.98 Å². The van der Waals surface area contributed by atoms with Gasteiger partial charge in [0.15, 0.2) is 0 Å². The van der Waals surface area contributed by atoms with Crippen LogP contribution >= 0.6 is 0 Å². The van der Waals surface area contributed by atoms with Crippen LogP contribution in [-0.2, 0) is 6.54 Å². The van der Waals surface area contributed by atoms with E-state index in [1.54, 1.807) is 0 Å². The summed E-state index contributed by atoms with van der Waals surface area (Å²) in [5.41, 5.74) is 13.8. The summed E-state index contributed by atoms with van der Waals surface area (Å²) in [6.45, 7) is 0.426. The molecule has 3 nitrogen and oxygen atoms in total. The van der Waals surface area contributed by atoms with Crippen molar-refractivity contribution < 1.29 is 0 Å². The first-order valence-corrected chi connectivity index (χ1v) is 4.15. The molecule has 0 amide bonds. The molecule has 0 aliphatic heterocycles. The van der Waals surface area contributed by atoms with Crippen LogP contribution in [0.3, 0.4) is 0 Å². The predicted octanol–water partition coefficient (Wildman–Crippen LogP) is 1.28. The predicted molar refractivity (Wildman–Crippen MR) is 54.0 cm³/mol. The fraction of sp³-hybridized carbons (Fsp3) is 0.100. The summed E-state index contributed by atoms with van der Waals surface area (Å²) < 4.78 is 0. The van der Waals surface area contributed by atoms with E-state index in [1.807, 2.05) is 30.3 Å². The number of hydrogen-bond acceptors (Lipinski definition) is 3. The summed E-state index contributed by atoms with van der Waals surface area (Å²) in [6.07, 6.45) is 0. The topological polar surface area (TPSA) is 64.9 Å². The molecule has 0 atom stereocenters. The molecule has 0 saturated heterocycles. The highest BCUT2D eigenvalue weighted by atomic mass is 14.8. The molecule has 3 heteroatoms. The average Bonchev–Trinajstić information content (AvgIpc) is 2.18. The number of nitrogens with two attached hydrogens (primary N) is 2. The third-order valence-electron chi connectivity index (χ3n) is 2.01. The zero-order chi connectivity index (χ0) is 9.26. The Balaban J connectivity index is 2.77. The molecule has 1 aromatic heterocycles.